The van der Waals surface area contributed by atoms with Gasteiger partial charge in [-0.1, -0.05) is 58.0 Å². The third-order valence-electron chi connectivity index (χ3n) is 4.79. The fraction of sp³-hybridized carbons (Fsp3) is 0.190. The molecule has 2 aromatic heterocycles. The van der Waals surface area contributed by atoms with Gasteiger partial charge in [-0.2, -0.15) is 8.78 Å². The van der Waals surface area contributed by atoms with Gasteiger partial charge in [0.15, 0.2) is 5.16 Å². The summed E-state index contributed by atoms with van der Waals surface area (Å²) in [5.41, 5.74) is 1.32. The Morgan fingerprint density at radius 2 is 1.93 bits per heavy atom. The first-order chi connectivity index (χ1) is 14.5. The molecule has 0 aliphatic rings. The molecule has 0 saturated carbocycles. The number of imidazole rings is 1. The quantitative estimate of drug-likeness (QED) is 0.258. The van der Waals surface area contributed by atoms with Crippen LogP contribution in [0.2, 0.25) is 0 Å². The van der Waals surface area contributed by atoms with E-state index in [1.54, 1.807) is 16.7 Å². The molecule has 4 aromatic rings. The van der Waals surface area contributed by atoms with E-state index in [2.05, 4.69) is 25.9 Å². The van der Waals surface area contributed by atoms with Gasteiger partial charge in [0.05, 0.1) is 22.7 Å². The highest BCUT2D eigenvalue weighted by molar-refractivity contribution is 9.10. The van der Waals surface area contributed by atoms with Crippen LogP contribution in [0.1, 0.15) is 30.9 Å². The van der Waals surface area contributed by atoms with Crippen molar-refractivity contribution < 1.29 is 8.78 Å². The Labute approximate surface area is 183 Å². The number of hydrogen-bond acceptors (Lipinski definition) is 4. The highest BCUT2D eigenvalue weighted by Gasteiger charge is 2.20. The van der Waals surface area contributed by atoms with Gasteiger partial charge >= 0.3 is 6.55 Å². The minimum absolute atomic E-state index is 0.160. The standard InChI is InChI=1S/C21H17BrF2N4OS/c1-13(14-5-3-2-4-6-14)28-19(29)16-11-15(22)7-8-17(16)26-21(28)30-12-18-25-9-10-27(18)20(23)24/h2-11,13,20H,12H2,1H3. The van der Waals surface area contributed by atoms with Crippen LogP contribution in [-0.4, -0.2) is 19.1 Å². The Bertz CT molecular complexity index is 1240. The van der Waals surface area contributed by atoms with Crippen molar-refractivity contribution in [1.82, 2.24) is 19.1 Å². The van der Waals surface area contributed by atoms with Crippen LogP contribution in [-0.2, 0) is 5.75 Å². The van der Waals surface area contributed by atoms with Crippen LogP contribution in [0.5, 0.6) is 0 Å². The van der Waals surface area contributed by atoms with Crippen LogP contribution in [0.15, 0.2) is 75.3 Å². The van der Waals surface area contributed by atoms with E-state index in [-0.39, 0.29) is 23.2 Å². The summed E-state index contributed by atoms with van der Waals surface area (Å²) < 4.78 is 29.5. The van der Waals surface area contributed by atoms with Crippen LogP contribution >= 0.6 is 27.7 Å². The van der Waals surface area contributed by atoms with E-state index >= 15 is 0 Å². The molecule has 0 fully saturated rings. The predicted octanol–water partition coefficient (Wildman–Crippen LogP) is 5.65. The van der Waals surface area contributed by atoms with Crippen LogP contribution in [0.25, 0.3) is 10.9 Å². The molecule has 0 aliphatic heterocycles. The lowest BCUT2D eigenvalue weighted by atomic mass is 10.1. The van der Waals surface area contributed by atoms with E-state index in [0.29, 0.717) is 16.1 Å². The summed E-state index contributed by atoms with van der Waals surface area (Å²) in [6.45, 7) is -0.748. The van der Waals surface area contributed by atoms with Gasteiger partial charge in [-0.05, 0) is 30.7 Å². The molecule has 1 unspecified atom stereocenters. The van der Waals surface area contributed by atoms with E-state index in [4.69, 9.17) is 0 Å². The summed E-state index contributed by atoms with van der Waals surface area (Å²) in [6.07, 6.45) is 2.58. The molecule has 0 N–H and O–H groups in total. The number of nitrogens with zero attached hydrogens (tertiary/aromatic N) is 4. The third-order valence-corrected chi connectivity index (χ3v) is 6.23. The first-order valence-corrected chi connectivity index (χ1v) is 10.9. The molecule has 154 valence electrons. The van der Waals surface area contributed by atoms with Crippen molar-refractivity contribution in [3.8, 4) is 0 Å². The van der Waals surface area contributed by atoms with Crippen molar-refractivity contribution in [2.24, 2.45) is 0 Å². The monoisotopic (exact) mass is 490 g/mol. The highest BCUT2D eigenvalue weighted by Crippen LogP contribution is 2.28. The van der Waals surface area contributed by atoms with Gasteiger partial charge in [-0.3, -0.25) is 13.9 Å². The fourth-order valence-corrected chi connectivity index (χ4v) is 4.62. The molecular formula is C21H17BrF2N4OS. The number of alkyl halides is 2. The molecule has 1 atom stereocenters. The van der Waals surface area contributed by atoms with E-state index in [1.165, 1.54) is 24.2 Å². The second kappa shape index (κ2) is 8.69. The molecule has 5 nitrogen and oxygen atoms in total. The van der Waals surface area contributed by atoms with Crippen molar-refractivity contribution in [3.63, 3.8) is 0 Å². The largest absolute Gasteiger partial charge is 0.319 e. The highest BCUT2D eigenvalue weighted by atomic mass is 79.9. The van der Waals surface area contributed by atoms with Crippen molar-refractivity contribution in [2.45, 2.75) is 30.4 Å². The average Bonchev–Trinajstić information content (AvgIpc) is 3.22. The topological polar surface area (TPSA) is 52.7 Å². The molecule has 0 aliphatic carbocycles. The normalized spacial score (nSPS) is 12.6. The van der Waals surface area contributed by atoms with Gasteiger partial charge in [0.25, 0.3) is 5.56 Å². The average molecular weight is 491 g/mol. The Hall–Kier alpha value is -2.52. The zero-order valence-corrected chi connectivity index (χ0v) is 18.3. The SMILES string of the molecule is CC(c1ccccc1)n1c(SCc2nccn2C(F)F)nc2ccc(Br)cc2c1=O. The smallest absolute Gasteiger partial charge is 0.280 e. The maximum Gasteiger partial charge on any atom is 0.319 e. The van der Waals surface area contributed by atoms with Gasteiger partial charge in [0, 0.05) is 16.9 Å². The minimum Gasteiger partial charge on any atom is -0.280 e. The predicted molar refractivity (Wildman–Crippen MR) is 117 cm³/mol. The van der Waals surface area contributed by atoms with Gasteiger partial charge in [0.2, 0.25) is 0 Å². The van der Waals surface area contributed by atoms with Crippen molar-refractivity contribution in [3.05, 3.63) is 87.1 Å². The first kappa shape index (κ1) is 20.7. The molecular weight excluding hydrogens is 474 g/mol. The Morgan fingerprint density at radius 3 is 2.67 bits per heavy atom. The molecule has 0 amide bonds. The summed E-state index contributed by atoms with van der Waals surface area (Å²) in [5, 5.41) is 0.945. The first-order valence-electron chi connectivity index (χ1n) is 9.15. The van der Waals surface area contributed by atoms with Crippen LogP contribution < -0.4 is 5.56 Å². The lowest BCUT2D eigenvalue weighted by molar-refractivity contribution is 0.0678. The van der Waals surface area contributed by atoms with Gasteiger partial charge in [-0.25, -0.2) is 9.97 Å². The van der Waals surface area contributed by atoms with Crippen LogP contribution in [0.4, 0.5) is 8.78 Å². The number of aromatic nitrogens is 4. The minimum atomic E-state index is -2.67. The zero-order valence-electron chi connectivity index (χ0n) is 15.9. The second-order valence-electron chi connectivity index (χ2n) is 6.63. The fourth-order valence-electron chi connectivity index (χ4n) is 3.24. The third kappa shape index (κ3) is 4.04. The summed E-state index contributed by atoms with van der Waals surface area (Å²) >= 11 is 4.62. The lowest BCUT2D eigenvalue weighted by Crippen LogP contribution is -2.27. The van der Waals surface area contributed by atoms with Gasteiger partial charge in [0.1, 0.15) is 5.82 Å². The summed E-state index contributed by atoms with van der Waals surface area (Å²) in [4.78, 5) is 22.1. The Balaban J connectivity index is 1.81. The summed E-state index contributed by atoms with van der Waals surface area (Å²) in [6, 6.07) is 14.7. The van der Waals surface area contributed by atoms with E-state index in [9.17, 15) is 13.6 Å². The number of halogens is 3. The van der Waals surface area contributed by atoms with Crippen molar-refractivity contribution in [1.29, 1.82) is 0 Å². The number of benzene rings is 2. The molecule has 2 aromatic carbocycles. The molecule has 9 heteroatoms. The van der Waals surface area contributed by atoms with Gasteiger partial charge < -0.3 is 0 Å². The number of hydrogen-bond donors (Lipinski definition) is 0. The molecule has 4 rings (SSSR count). The zero-order chi connectivity index (χ0) is 21.3. The molecule has 30 heavy (non-hydrogen) atoms. The number of rotatable bonds is 6. The molecule has 0 spiro atoms. The summed E-state index contributed by atoms with van der Waals surface area (Å²) in [5.74, 6) is 0.381. The van der Waals surface area contributed by atoms with Gasteiger partial charge in [-0.15, -0.1) is 0 Å². The van der Waals surface area contributed by atoms with E-state index < -0.39 is 6.55 Å². The van der Waals surface area contributed by atoms with E-state index in [1.807, 2.05) is 43.3 Å². The Morgan fingerprint density at radius 1 is 1.17 bits per heavy atom. The lowest BCUT2D eigenvalue weighted by Gasteiger charge is -2.20. The number of fused-ring (bicyclic) bond motifs is 1. The van der Waals surface area contributed by atoms with Crippen LogP contribution in [0, 0.1) is 0 Å². The maximum absolute atomic E-state index is 13.4. The molecule has 0 radical (unpaired) electrons. The molecule has 0 bridgehead atoms. The summed E-state index contributed by atoms with van der Waals surface area (Å²) in [7, 11) is 0. The van der Waals surface area contributed by atoms with E-state index in [0.717, 1.165) is 14.6 Å². The molecule has 0 saturated heterocycles. The Kier molecular flexibility index (Phi) is 6.01. The second-order valence-corrected chi connectivity index (χ2v) is 8.49. The molecule has 2 heterocycles. The van der Waals surface area contributed by atoms with Crippen molar-refractivity contribution >= 4 is 38.6 Å². The maximum atomic E-state index is 13.4. The number of thioether (sulfide) groups is 1. The van der Waals surface area contributed by atoms with Crippen molar-refractivity contribution in [2.75, 3.05) is 0 Å². The van der Waals surface area contributed by atoms with Crippen LogP contribution in [0.3, 0.4) is 0 Å².